The minimum absolute atomic E-state index is 0.111. The van der Waals surface area contributed by atoms with Gasteiger partial charge in [0.2, 0.25) is 5.91 Å². The zero-order valence-corrected chi connectivity index (χ0v) is 19.6. The lowest BCUT2D eigenvalue weighted by atomic mass is 9.76. The quantitative estimate of drug-likeness (QED) is 0.290. The Morgan fingerprint density at radius 3 is 2.33 bits per heavy atom. The van der Waals surface area contributed by atoms with E-state index in [0.717, 1.165) is 24.8 Å². The minimum atomic E-state index is -1.37. The number of rotatable bonds is 7. The molecule has 0 aliphatic heterocycles. The Bertz CT molecular complexity index is 891. The summed E-state index contributed by atoms with van der Waals surface area (Å²) >= 11 is 0. The molecule has 0 spiro atoms. The first-order valence-corrected chi connectivity index (χ1v) is 11.5. The number of hydrogen-bond acceptors (Lipinski definition) is 6. The van der Waals surface area contributed by atoms with E-state index in [9.17, 15) is 9.59 Å². The molecule has 178 valence electrons. The maximum absolute atomic E-state index is 12.6. The fraction of sp³-hybridized carbons (Fsp3) is 0.440. The van der Waals surface area contributed by atoms with Crippen LogP contribution < -0.4 is 15.8 Å². The lowest BCUT2D eigenvalue weighted by molar-refractivity contribution is -0.139. The molecule has 2 aromatic rings. The highest BCUT2D eigenvalue weighted by Crippen LogP contribution is 2.31. The lowest BCUT2D eigenvalue weighted by Gasteiger charge is -2.25. The number of benzene rings is 2. The van der Waals surface area contributed by atoms with Gasteiger partial charge in [0.1, 0.15) is 11.8 Å². The van der Waals surface area contributed by atoms with Gasteiger partial charge in [-0.05, 0) is 61.8 Å². The van der Waals surface area contributed by atoms with Crippen molar-refractivity contribution in [1.29, 1.82) is 0 Å². The van der Waals surface area contributed by atoms with Gasteiger partial charge in [-0.15, -0.1) is 0 Å². The van der Waals surface area contributed by atoms with Crippen LogP contribution in [0.1, 0.15) is 57.1 Å². The molecule has 0 bridgehead atoms. The van der Waals surface area contributed by atoms with Gasteiger partial charge in [-0.3, -0.25) is 4.79 Å². The van der Waals surface area contributed by atoms with E-state index in [2.05, 4.69) is 11.4 Å². The van der Waals surface area contributed by atoms with Crippen molar-refractivity contribution in [1.82, 2.24) is 5.32 Å². The number of aryl methyl sites for hydroxylation is 1. The summed E-state index contributed by atoms with van der Waals surface area (Å²) in [4.78, 5) is 24.7. The van der Waals surface area contributed by atoms with E-state index in [4.69, 9.17) is 20.5 Å². The smallest absolute Gasteiger partial charge is 0.426 e. The van der Waals surface area contributed by atoms with E-state index in [1.807, 2.05) is 38.1 Å². The minimum Gasteiger partial charge on any atom is -0.426 e. The number of esters is 1. The third-order valence-electron chi connectivity index (χ3n) is 5.49. The fourth-order valence-electron chi connectivity index (χ4n) is 3.76. The Hall–Kier alpha value is -2.68. The van der Waals surface area contributed by atoms with Crippen molar-refractivity contribution in [2.24, 2.45) is 11.7 Å². The molecule has 0 heterocycles. The topological polar surface area (TPSA) is 122 Å². The van der Waals surface area contributed by atoms with Crippen molar-refractivity contribution in [2.45, 2.75) is 64.4 Å². The Balaban J connectivity index is 0.000000365. The molecule has 5 N–H and O–H groups in total. The molecular weight excluding hydrogens is 419 g/mol. The van der Waals surface area contributed by atoms with Crippen LogP contribution in [-0.4, -0.2) is 41.0 Å². The summed E-state index contributed by atoms with van der Waals surface area (Å²) in [5.41, 5.74) is 7.62. The van der Waals surface area contributed by atoms with E-state index < -0.39 is 25.1 Å². The molecule has 1 aliphatic rings. The molecule has 0 fully saturated rings. The van der Waals surface area contributed by atoms with Crippen molar-refractivity contribution in [2.75, 3.05) is 0 Å². The number of nitrogens with one attached hydrogen (secondary N) is 1. The van der Waals surface area contributed by atoms with Gasteiger partial charge < -0.3 is 25.8 Å². The number of ether oxygens (including phenoxy) is 1. The summed E-state index contributed by atoms with van der Waals surface area (Å²) in [5, 5.41) is 19.8. The van der Waals surface area contributed by atoms with E-state index in [1.54, 1.807) is 31.2 Å². The second-order valence-corrected chi connectivity index (χ2v) is 8.82. The van der Waals surface area contributed by atoms with Gasteiger partial charge in [0.05, 0.1) is 5.92 Å². The Morgan fingerprint density at radius 2 is 1.73 bits per heavy atom. The third-order valence-corrected chi connectivity index (χ3v) is 5.49. The highest BCUT2D eigenvalue weighted by atomic mass is 16.5. The molecule has 0 aromatic heterocycles. The van der Waals surface area contributed by atoms with Crippen LogP contribution in [0.5, 0.6) is 5.75 Å². The van der Waals surface area contributed by atoms with Crippen LogP contribution in [-0.2, 0) is 16.0 Å². The largest absolute Gasteiger partial charge is 0.469 e. The van der Waals surface area contributed by atoms with Gasteiger partial charge in [0.25, 0.3) is 0 Å². The Kier molecular flexibility index (Phi) is 10.6. The van der Waals surface area contributed by atoms with Crippen molar-refractivity contribution >= 4 is 19.0 Å². The zero-order chi connectivity index (χ0) is 24.4. The molecule has 1 amide bonds. The van der Waals surface area contributed by atoms with Gasteiger partial charge in [-0.25, -0.2) is 4.79 Å². The van der Waals surface area contributed by atoms with Crippen LogP contribution >= 0.6 is 0 Å². The zero-order valence-electron chi connectivity index (χ0n) is 19.6. The number of carbonyl (C=O) groups excluding carboxylic acids is 2. The van der Waals surface area contributed by atoms with Gasteiger partial charge in [0, 0.05) is 5.94 Å². The van der Waals surface area contributed by atoms with E-state index in [1.165, 1.54) is 5.56 Å². The van der Waals surface area contributed by atoms with Gasteiger partial charge in [0.15, 0.2) is 0 Å². The summed E-state index contributed by atoms with van der Waals surface area (Å²) in [7, 11) is -1.37. The van der Waals surface area contributed by atoms with Crippen LogP contribution in [0.25, 0.3) is 0 Å². The summed E-state index contributed by atoms with van der Waals surface area (Å²) < 4.78 is 5.28. The first kappa shape index (κ1) is 26.6. The molecule has 3 atom stereocenters. The molecule has 7 nitrogen and oxygen atoms in total. The monoisotopic (exact) mass is 454 g/mol. The first-order chi connectivity index (χ1) is 15.7. The van der Waals surface area contributed by atoms with Crippen molar-refractivity contribution in [3.63, 3.8) is 0 Å². The number of hydrogen-bond donors (Lipinski definition) is 4. The second kappa shape index (κ2) is 13.1. The molecular formula is C25H35BN2O5. The van der Waals surface area contributed by atoms with E-state index in [0.29, 0.717) is 18.1 Å². The summed E-state index contributed by atoms with van der Waals surface area (Å²) in [6.07, 6.45) is 3.45. The van der Waals surface area contributed by atoms with Gasteiger partial charge in [-0.2, -0.15) is 0 Å². The fourth-order valence-corrected chi connectivity index (χ4v) is 3.76. The highest BCUT2D eigenvalue weighted by Gasteiger charge is 2.28. The second-order valence-electron chi connectivity index (χ2n) is 8.82. The van der Waals surface area contributed by atoms with E-state index in [-0.39, 0.29) is 11.8 Å². The lowest BCUT2D eigenvalue weighted by Crippen LogP contribution is -2.43. The predicted octanol–water partition coefficient (Wildman–Crippen LogP) is 2.59. The van der Waals surface area contributed by atoms with Gasteiger partial charge >= 0.3 is 13.1 Å². The maximum Gasteiger partial charge on any atom is 0.469 e. The molecule has 0 saturated carbocycles. The molecule has 1 aliphatic carbocycles. The van der Waals surface area contributed by atoms with Crippen molar-refractivity contribution in [3.8, 4) is 5.75 Å². The van der Waals surface area contributed by atoms with Crippen LogP contribution in [0.4, 0.5) is 0 Å². The molecule has 3 rings (SSSR count). The van der Waals surface area contributed by atoms with Crippen LogP contribution in [0.3, 0.4) is 0 Å². The van der Waals surface area contributed by atoms with E-state index >= 15 is 0 Å². The summed E-state index contributed by atoms with van der Waals surface area (Å²) in [6.45, 7) is 5.63. The molecule has 0 radical (unpaired) electrons. The standard InChI is InChI=1S/C20H21NO3.C5H14BNO2/c1-14(20(23)24-16-10-3-2-4-11-16)21-19(22)18-13-7-9-15-8-5-6-12-17(15)18;1-4(2)3-5(7)6(8)9/h2-6,8,10-12,14,18H,7,9,13H2,1H3,(H,21,22);4-5,8-9H,3,7H2,1-2H3/t14-,18?;5-/m00/s1. The Morgan fingerprint density at radius 1 is 1.09 bits per heavy atom. The highest BCUT2D eigenvalue weighted by molar-refractivity contribution is 6.43. The summed E-state index contributed by atoms with van der Waals surface area (Å²) in [6, 6.07) is 16.2. The molecule has 2 aromatic carbocycles. The molecule has 1 unspecified atom stereocenters. The van der Waals surface area contributed by atoms with Crippen LogP contribution in [0.2, 0.25) is 0 Å². The van der Waals surface area contributed by atoms with Crippen LogP contribution in [0.15, 0.2) is 54.6 Å². The number of para-hydroxylation sites is 1. The molecule has 33 heavy (non-hydrogen) atoms. The summed E-state index contributed by atoms with van der Waals surface area (Å²) in [5.74, 6) is -0.362. The number of fused-ring (bicyclic) bond motifs is 1. The number of nitrogens with two attached hydrogens (primary N) is 1. The third kappa shape index (κ3) is 8.65. The van der Waals surface area contributed by atoms with Crippen LogP contribution in [0, 0.1) is 5.92 Å². The Labute approximate surface area is 196 Å². The molecule has 0 saturated heterocycles. The molecule has 8 heteroatoms. The normalized spacial score (nSPS) is 16.5. The number of carbonyl (C=O) groups is 2. The average molecular weight is 454 g/mol. The van der Waals surface area contributed by atoms with Crippen molar-refractivity contribution in [3.05, 3.63) is 65.7 Å². The maximum atomic E-state index is 12.6. The van der Waals surface area contributed by atoms with Crippen molar-refractivity contribution < 1.29 is 24.4 Å². The average Bonchev–Trinajstić information content (AvgIpc) is 2.79. The predicted molar refractivity (Wildman–Crippen MR) is 129 cm³/mol. The first-order valence-electron chi connectivity index (χ1n) is 11.5. The van der Waals surface area contributed by atoms with Gasteiger partial charge in [-0.1, -0.05) is 56.3 Å². The number of amides is 1. The SMILES string of the molecule is CC(C)C[C@H](N)B(O)O.C[C@H](NC(=O)C1CCCc2ccccc21)C(=O)Oc1ccccc1.